The third-order valence-corrected chi connectivity index (χ3v) is 8.23. The normalized spacial score (nSPS) is 11.7. The van der Waals surface area contributed by atoms with Crippen LogP contribution in [0.5, 0.6) is 0 Å². The molecule has 2 nitrogen and oxygen atoms in total. The third-order valence-electron chi connectivity index (χ3n) is 8.23. The van der Waals surface area contributed by atoms with Crippen LogP contribution >= 0.6 is 0 Å². The summed E-state index contributed by atoms with van der Waals surface area (Å²) in [5.74, 6) is 0. The van der Waals surface area contributed by atoms with Crippen LogP contribution in [0.3, 0.4) is 0 Å². The van der Waals surface area contributed by atoms with E-state index in [1.165, 1.54) is 48.9 Å². The van der Waals surface area contributed by atoms with Crippen molar-refractivity contribution in [2.24, 2.45) is 0 Å². The third kappa shape index (κ3) is 2.93. The maximum Gasteiger partial charge on any atom is 0.0641 e. The molecular weight excluding hydrogens is 484 g/mol. The lowest BCUT2D eigenvalue weighted by Crippen LogP contribution is -1.97. The number of para-hydroxylation sites is 3. The minimum atomic E-state index is 1.10. The average Bonchev–Trinajstić information content (AvgIpc) is 3.54. The van der Waals surface area contributed by atoms with Crippen LogP contribution < -0.4 is 0 Å². The van der Waals surface area contributed by atoms with Crippen LogP contribution in [0, 0.1) is 0 Å². The van der Waals surface area contributed by atoms with Gasteiger partial charge >= 0.3 is 0 Å². The number of fused-ring (bicyclic) bond motifs is 9. The first-order chi connectivity index (χ1) is 19.8. The fourth-order valence-corrected chi connectivity index (χ4v) is 6.68. The SMILES string of the molecule is C=Cc1c(C=C)c2c(c3ccccc13)c1ccc3c(c4ccccc4n3-c3ccccc3)c1n2-c1ccccc1. The minimum absolute atomic E-state index is 1.10. The predicted molar refractivity (Wildman–Crippen MR) is 173 cm³/mol. The van der Waals surface area contributed by atoms with E-state index in [9.17, 15) is 0 Å². The Labute approximate surface area is 232 Å². The zero-order chi connectivity index (χ0) is 26.8. The van der Waals surface area contributed by atoms with Gasteiger partial charge in [-0.25, -0.2) is 0 Å². The van der Waals surface area contributed by atoms with E-state index in [4.69, 9.17) is 0 Å². The van der Waals surface area contributed by atoms with Gasteiger partial charge in [0.05, 0.1) is 22.1 Å². The Kier molecular flexibility index (Phi) is 4.86. The van der Waals surface area contributed by atoms with Crippen molar-refractivity contribution in [3.63, 3.8) is 0 Å². The van der Waals surface area contributed by atoms with Crippen LogP contribution in [0.1, 0.15) is 11.1 Å². The van der Waals surface area contributed by atoms with Crippen LogP contribution in [-0.2, 0) is 0 Å². The Bertz CT molecular complexity index is 2280. The van der Waals surface area contributed by atoms with Crippen LogP contribution in [0.15, 0.2) is 134 Å². The summed E-state index contributed by atoms with van der Waals surface area (Å²) in [5, 5.41) is 7.38. The average molecular weight is 511 g/mol. The van der Waals surface area contributed by atoms with E-state index in [0.29, 0.717) is 0 Å². The maximum atomic E-state index is 4.29. The van der Waals surface area contributed by atoms with Gasteiger partial charge in [0.1, 0.15) is 0 Å². The molecule has 40 heavy (non-hydrogen) atoms. The molecule has 0 unspecified atom stereocenters. The Morgan fingerprint density at radius 1 is 0.400 bits per heavy atom. The highest BCUT2D eigenvalue weighted by atomic mass is 15.0. The molecule has 8 aromatic rings. The van der Waals surface area contributed by atoms with Gasteiger partial charge in [-0.1, -0.05) is 110 Å². The fraction of sp³-hybridized carbons (Fsp3) is 0. The zero-order valence-electron chi connectivity index (χ0n) is 22.0. The van der Waals surface area contributed by atoms with Crippen LogP contribution in [0.2, 0.25) is 0 Å². The standard InChI is InChI=1S/C38H26N2/c1-3-27-28(4-2)37-35(30-20-12-11-19-29(27)30)32-23-24-34-36(38(32)40(37)26-17-9-6-10-18-26)31-21-13-14-22-33(31)39(34)25-15-7-5-8-16-25/h3-24H,1-2H2. The first kappa shape index (κ1) is 22.6. The second-order valence-electron chi connectivity index (χ2n) is 10.2. The summed E-state index contributed by atoms with van der Waals surface area (Å²) in [6, 6.07) is 43.4. The first-order valence-electron chi connectivity index (χ1n) is 13.6. The highest BCUT2D eigenvalue weighted by Gasteiger charge is 2.24. The highest BCUT2D eigenvalue weighted by molar-refractivity contribution is 6.32. The van der Waals surface area contributed by atoms with Gasteiger partial charge in [0.2, 0.25) is 0 Å². The molecule has 0 amide bonds. The maximum absolute atomic E-state index is 4.29. The van der Waals surface area contributed by atoms with Crippen molar-refractivity contribution in [1.82, 2.24) is 9.13 Å². The Hall–Kier alpha value is -5.34. The first-order valence-corrected chi connectivity index (χ1v) is 13.6. The molecule has 0 saturated heterocycles. The molecule has 0 spiro atoms. The molecule has 0 aliphatic heterocycles. The quantitative estimate of drug-likeness (QED) is 0.223. The highest BCUT2D eigenvalue weighted by Crippen LogP contribution is 2.46. The smallest absolute Gasteiger partial charge is 0.0641 e. The molecule has 8 rings (SSSR count). The van der Waals surface area contributed by atoms with Crippen molar-refractivity contribution in [1.29, 1.82) is 0 Å². The summed E-state index contributed by atoms with van der Waals surface area (Å²) in [4.78, 5) is 0. The molecule has 2 aromatic heterocycles. The number of hydrogen-bond acceptors (Lipinski definition) is 0. The van der Waals surface area contributed by atoms with Gasteiger partial charge in [0, 0.05) is 38.5 Å². The fourth-order valence-electron chi connectivity index (χ4n) is 6.68. The van der Waals surface area contributed by atoms with Gasteiger partial charge in [0.15, 0.2) is 0 Å². The lowest BCUT2D eigenvalue weighted by atomic mass is 9.94. The van der Waals surface area contributed by atoms with E-state index < -0.39 is 0 Å². The molecule has 6 aromatic carbocycles. The Balaban J connectivity index is 1.73. The summed E-state index contributed by atoms with van der Waals surface area (Å²) in [6.45, 7) is 8.51. The number of aromatic nitrogens is 2. The molecule has 0 aliphatic carbocycles. The van der Waals surface area contributed by atoms with Crippen molar-refractivity contribution in [3.8, 4) is 11.4 Å². The Morgan fingerprint density at radius 2 is 0.975 bits per heavy atom. The largest absolute Gasteiger partial charge is 0.309 e. The molecule has 0 atom stereocenters. The molecule has 0 radical (unpaired) electrons. The Morgan fingerprint density at radius 3 is 1.65 bits per heavy atom. The number of benzene rings is 6. The molecule has 2 heteroatoms. The number of nitrogens with zero attached hydrogens (tertiary/aromatic N) is 2. The van der Waals surface area contributed by atoms with E-state index in [0.717, 1.165) is 28.0 Å². The van der Waals surface area contributed by atoms with Gasteiger partial charge in [-0.15, -0.1) is 0 Å². The molecule has 0 bridgehead atoms. The molecule has 0 aliphatic rings. The van der Waals surface area contributed by atoms with E-state index in [-0.39, 0.29) is 0 Å². The monoisotopic (exact) mass is 510 g/mol. The summed E-state index contributed by atoms with van der Waals surface area (Å²) >= 11 is 0. The molecule has 188 valence electrons. The zero-order valence-corrected chi connectivity index (χ0v) is 22.0. The van der Waals surface area contributed by atoms with Crippen LogP contribution in [-0.4, -0.2) is 9.13 Å². The summed E-state index contributed by atoms with van der Waals surface area (Å²) in [6.07, 6.45) is 3.97. The second kappa shape index (κ2) is 8.59. The van der Waals surface area contributed by atoms with Crippen LogP contribution in [0.25, 0.3) is 77.9 Å². The lowest BCUT2D eigenvalue weighted by molar-refractivity contribution is 1.17. The van der Waals surface area contributed by atoms with Crippen LogP contribution in [0.4, 0.5) is 0 Å². The molecule has 0 fully saturated rings. The second-order valence-corrected chi connectivity index (χ2v) is 10.2. The summed E-state index contributed by atoms with van der Waals surface area (Å²) < 4.78 is 4.84. The van der Waals surface area contributed by atoms with E-state index in [2.05, 4.69) is 144 Å². The van der Waals surface area contributed by atoms with Crippen molar-refractivity contribution >= 4 is 66.5 Å². The van der Waals surface area contributed by atoms with Gasteiger partial charge in [-0.05, 0) is 52.7 Å². The van der Waals surface area contributed by atoms with E-state index in [1.807, 2.05) is 12.2 Å². The summed E-state index contributed by atoms with van der Waals surface area (Å²) in [7, 11) is 0. The summed E-state index contributed by atoms with van der Waals surface area (Å²) in [5.41, 5.74) is 9.24. The number of rotatable bonds is 4. The predicted octanol–water partition coefficient (Wildman–Crippen LogP) is 10.3. The molecule has 2 heterocycles. The topological polar surface area (TPSA) is 9.86 Å². The van der Waals surface area contributed by atoms with Crippen molar-refractivity contribution in [3.05, 3.63) is 146 Å². The molecule has 0 saturated carbocycles. The molecule has 0 N–H and O–H groups in total. The molecular formula is C38H26N2. The van der Waals surface area contributed by atoms with E-state index in [1.54, 1.807) is 0 Å². The van der Waals surface area contributed by atoms with E-state index >= 15 is 0 Å². The minimum Gasteiger partial charge on any atom is -0.309 e. The van der Waals surface area contributed by atoms with Gasteiger partial charge in [-0.3, -0.25) is 0 Å². The number of hydrogen-bond donors (Lipinski definition) is 0. The van der Waals surface area contributed by atoms with Gasteiger partial charge < -0.3 is 9.13 Å². The van der Waals surface area contributed by atoms with Crippen molar-refractivity contribution < 1.29 is 0 Å². The van der Waals surface area contributed by atoms with Crippen molar-refractivity contribution in [2.45, 2.75) is 0 Å². The lowest BCUT2D eigenvalue weighted by Gasteiger charge is -2.14. The van der Waals surface area contributed by atoms with Crippen molar-refractivity contribution in [2.75, 3.05) is 0 Å². The van der Waals surface area contributed by atoms with Gasteiger partial charge in [0.25, 0.3) is 0 Å². The van der Waals surface area contributed by atoms with Gasteiger partial charge in [-0.2, -0.15) is 0 Å².